The highest BCUT2D eigenvalue weighted by atomic mass is 32.2. The molecule has 3 N–H and O–H groups in total. The molecule has 0 radical (unpaired) electrons. The number of rotatable bonds is 6. The fourth-order valence-electron chi connectivity index (χ4n) is 1.54. The van der Waals surface area contributed by atoms with Gasteiger partial charge < -0.3 is 5.73 Å². The summed E-state index contributed by atoms with van der Waals surface area (Å²) in [5, 5.41) is 0. The van der Waals surface area contributed by atoms with Gasteiger partial charge >= 0.3 is 0 Å². The molecular weight excluding hydrogens is 248 g/mol. The van der Waals surface area contributed by atoms with Crippen LogP contribution in [0.3, 0.4) is 0 Å². The van der Waals surface area contributed by atoms with E-state index in [1.54, 1.807) is 19.1 Å². The molecule has 0 aliphatic carbocycles. The first-order chi connectivity index (χ1) is 8.47. The van der Waals surface area contributed by atoms with Crippen molar-refractivity contribution in [2.45, 2.75) is 31.1 Å². The number of benzene rings is 1. The Bertz CT molecular complexity index is 545. The number of sulfonamides is 1. The summed E-state index contributed by atoms with van der Waals surface area (Å²) in [6.07, 6.45) is 7.33. The number of terminal acetylenes is 1. The lowest BCUT2D eigenvalue weighted by atomic mass is 10.2. The normalized spacial score (nSPS) is 11.1. The summed E-state index contributed by atoms with van der Waals surface area (Å²) >= 11 is 0. The maximum Gasteiger partial charge on any atom is 0.240 e. The van der Waals surface area contributed by atoms with E-state index in [1.165, 1.54) is 6.07 Å². The van der Waals surface area contributed by atoms with Gasteiger partial charge in [0.2, 0.25) is 10.0 Å². The van der Waals surface area contributed by atoms with Gasteiger partial charge in [0.25, 0.3) is 0 Å². The minimum absolute atomic E-state index is 0.236. The topological polar surface area (TPSA) is 72.2 Å². The molecule has 0 amide bonds. The molecule has 0 aliphatic rings. The van der Waals surface area contributed by atoms with Crippen LogP contribution < -0.4 is 10.5 Å². The highest BCUT2D eigenvalue weighted by molar-refractivity contribution is 7.89. The Hall–Kier alpha value is -1.51. The highest BCUT2D eigenvalue weighted by Gasteiger charge is 2.16. The lowest BCUT2D eigenvalue weighted by Crippen LogP contribution is -2.25. The second-order valence-electron chi connectivity index (χ2n) is 4.08. The molecule has 0 spiro atoms. The molecule has 0 heterocycles. The van der Waals surface area contributed by atoms with Crippen LogP contribution in [0.1, 0.15) is 24.8 Å². The van der Waals surface area contributed by atoms with Gasteiger partial charge in [-0.2, -0.15) is 0 Å². The van der Waals surface area contributed by atoms with Crippen LogP contribution in [-0.4, -0.2) is 15.0 Å². The molecule has 0 atom stereocenters. The Balaban J connectivity index is 2.69. The van der Waals surface area contributed by atoms with Crippen LogP contribution in [0.2, 0.25) is 0 Å². The molecule has 0 bridgehead atoms. The maximum absolute atomic E-state index is 12.0. The third kappa shape index (κ3) is 4.06. The van der Waals surface area contributed by atoms with E-state index >= 15 is 0 Å². The second kappa shape index (κ2) is 6.43. The zero-order chi connectivity index (χ0) is 13.6. The van der Waals surface area contributed by atoms with Crippen molar-refractivity contribution in [3.63, 3.8) is 0 Å². The number of aryl methyl sites for hydroxylation is 1. The van der Waals surface area contributed by atoms with Gasteiger partial charge in [-0.3, -0.25) is 0 Å². The summed E-state index contributed by atoms with van der Waals surface area (Å²) in [7, 11) is -3.48. The van der Waals surface area contributed by atoms with E-state index in [4.69, 9.17) is 12.2 Å². The largest absolute Gasteiger partial charge is 0.399 e. The summed E-state index contributed by atoms with van der Waals surface area (Å²) in [5.74, 6) is 2.52. The fraction of sp³-hybridized carbons (Fsp3) is 0.385. The van der Waals surface area contributed by atoms with Gasteiger partial charge in [0, 0.05) is 18.7 Å². The van der Waals surface area contributed by atoms with Gasteiger partial charge in [-0.25, -0.2) is 13.1 Å². The van der Waals surface area contributed by atoms with Crippen molar-refractivity contribution >= 4 is 15.7 Å². The summed E-state index contributed by atoms with van der Waals surface area (Å²) in [6, 6.07) is 4.85. The smallest absolute Gasteiger partial charge is 0.240 e. The van der Waals surface area contributed by atoms with Crippen LogP contribution in [-0.2, 0) is 10.0 Å². The third-order valence-corrected chi connectivity index (χ3v) is 4.14. The molecule has 0 saturated heterocycles. The molecule has 5 heteroatoms. The first kappa shape index (κ1) is 14.6. The van der Waals surface area contributed by atoms with Crippen molar-refractivity contribution < 1.29 is 8.42 Å². The molecule has 0 unspecified atom stereocenters. The second-order valence-corrected chi connectivity index (χ2v) is 5.82. The number of hydrogen-bond donors (Lipinski definition) is 2. The van der Waals surface area contributed by atoms with Crippen molar-refractivity contribution in [1.29, 1.82) is 0 Å². The number of nitrogens with two attached hydrogens (primary N) is 1. The Morgan fingerprint density at radius 1 is 1.39 bits per heavy atom. The molecule has 0 fully saturated rings. The van der Waals surface area contributed by atoms with Crippen molar-refractivity contribution in [2.24, 2.45) is 0 Å². The number of anilines is 1. The first-order valence-electron chi connectivity index (χ1n) is 5.76. The quantitative estimate of drug-likeness (QED) is 0.467. The number of unbranched alkanes of at least 4 members (excludes halogenated alkanes) is 2. The van der Waals surface area contributed by atoms with Crippen molar-refractivity contribution in [1.82, 2.24) is 4.72 Å². The van der Waals surface area contributed by atoms with E-state index < -0.39 is 10.0 Å². The lowest BCUT2D eigenvalue weighted by molar-refractivity contribution is 0.577. The van der Waals surface area contributed by atoms with Gasteiger partial charge in [-0.1, -0.05) is 6.07 Å². The van der Waals surface area contributed by atoms with Gasteiger partial charge in [0.05, 0.1) is 4.90 Å². The van der Waals surface area contributed by atoms with Gasteiger partial charge in [0.15, 0.2) is 0 Å². The predicted octanol–water partition coefficient (Wildman–Crippen LogP) is 1.66. The van der Waals surface area contributed by atoms with Crippen molar-refractivity contribution in [3.8, 4) is 12.3 Å². The zero-order valence-electron chi connectivity index (χ0n) is 10.4. The monoisotopic (exact) mass is 266 g/mol. The number of hydrogen-bond acceptors (Lipinski definition) is 3. The van der Waals surface area contributed by atoms with E-state index in [2.05, 4.69) is 10.6 Å². The lowest BCUT2D eigenvalue weighted by Gasteiger charge is -2.09. The minimum Gasteiger partial charge on any atom is -0.399 e. The van der Waals surface area contributed by atoms with E-state index in [1.807, 2.05) is 0 Å². The molecule has 18 heavy (non-hydrogen) atoms. The summed E-state index contributed by atoms with van der Waals surface area (Å²) in [6.45, 7) is 2.13. The predicted molar refractivity (Wildman–Crippen MR) is 73.5 cm³/mol. The molecular formula is C13H18N2O2S. The van der Waals surface area contributed by atoms with E-state index in [-0.39, 0.29) is 4.90 Å². The van der Waals surface area contributed by atoms with Gasteiger partial charge in [0.1, 0.15) is 0 Å². The maximum atomic E-state index is 12.0. The Kier molecular flexibility index (Phi) is 5.20. The highest BCUT2D eigenvalue weighted by Crippen LogP contribution is 2.17. The first-order valence-corrected chi connectivity index (χ1v) is 7.25. The summed E-state index contributed by atoms with van der Waals surface area (Å²) in [5.41, 5.74) is 6.72. The Labute approximate surface area is 109 Å². The summed E-state index contributed by atoms with van der Waals surface area (Å²) < 4.78 is 26.6. The minimum atomic E-state index is -3.48. The van der Waals surface area contributed by atoms with Crippen LogP contribution in [0.15, 0.2) is 23.1 Å². The van der Waals surface area contributed by atoms with Crippen LogP contribution >= 0.6 is 0 Å². The fourth-order valence-corrected chi connectivity index (χ4v) is 2.89. The molecule has 0 aliphatic heterocycles. The average molecular weight is 266 g/mol. The van der Waals surface area contributed by atoms with Crippen molar-refractivity contribution in [3.05, 3.63) is 23.8 Å². The van der Waals surface area contributed by atoms with Crippen LogP contribution in [0.5, 0.6) is 0 Å². The third-order valence-electron chi connectivity index (χ3n) is 2.54. The zero-order valence-corrected chi connectivity index (χ0v) is 11.3. The Morgan fingerprint density at radius 3 is 2.78 bits per heavy atom. The van der Waals surface area contributed by atoms with Crippen LogP contribution in [0.25, 0.3) is 0 Å². The van der Waals surface area contributed by atoms with E-state index in [0.29, 0.717) is 24.2 Å². The van der Waals surface area contributed by atoms with Crippen LogP contribution in [0, 0.1) is 19.3 Å². The summed E-state index contributed by atoms with van der Waals surface area (Å²) in [4.78, 5) is 0.236. The number of nitrogen functional groups attached to an aromatic ring is 1. The molecule has 1 aromatic carbocycles. The molecule has 0 aromatic heterocycles. The average Bonchev–Trinajstić information content (AvgIpc) is 2.32. The van der Waals surface area contributed by atoms with E-state index in [9.17, 15) is 8.42 Å². The molecule has 4 nitrogen and oxygen atoms in total. The van der Waals surface area contributed by atoms with E-state index in [0.717, 1.165) is 12.8 Å². The molecule has 98 valence electrons. The Morgan fingerprint density at radius 2 is 2.11 bits per heavy atom. The van der Waals surface area contributed by atoms with Crippen molar-refractivity contribution in [2.75, 3.05) is 12.3 Å². The van der Waals surface area contributed by atoms with Gasteiger partial charge in [-0.05, 0) is 37.5 Å². The van der Waals surface area contributed by atoms with Crippen LogP contribution in [0.4, 0.5) is 5.69 Å². The SMILES string of the molecule is C#CCCCCNS(=O)(=O)c1cc(N)ccc1C. The molecule has 1 rings (SSSR count). The molecule has 1 aromatic rings. The standard InChI is InChI=1S/C13H18N2O2S/c1-3-4-5-6-9-15-18(16,17)13-10-12(14)8-7-11(13)2/h1,7-8,10,15H,4-6,9,14H2,2H3. The number of nitrogens with one attached hydrogen (secondary N) is 1. The van der Waals surface area contributed by atoms with Gasteiger partial charge in [-0.15, -0.1) is 12.3 Å². The molecule has 0 saturated carbocycles.